The van der Waals surface area contributed by atoms with E-state index >= 15 is 0 Å². The number of nitrogens with one attached hydrogen (secondary N) is 1. The zero-order valence-corrected chi connectivity index (χ0v) is 14.2. The fourth-order valence-corrected chi connectivity index (χ4v) is 2.94. The van der Waals surface area contributed by atoms with Gasteiger partial charge in [-0.05, 0) is 46.6 Å². The number of nitro groups is 1. The molecule has 2 rings (SSSR count). The third-order valence-corrected chi connectivity index (χ3v) is 4.36. The van der Waals surface area contributed by atoms with Crippen LogP contribution in [0.15, 0.2) is 39.3 Å². The van der Waals surface area contributed by atoms with Crippen molar-refractivity contribution in [1.82, 2.24) is 0 Å². The van der Waals surface area contributed by atoms with Crippen molar-refractivity contribution in [2.75, 3.05) is 5.32 Å². The quantitative estimate of drug-likeness (QED) is 0.550. The molecule has 0 fully saturated rings. The third kappa shape index (κ3) is 3.79. The predicted molar refractivity (Wildman–Crippen MR) is 87.0 cm³/mol. The van der Waals surface area contributed by atoms with Crippen LogP contribution >= 0.6 is 31.9 Å². The van der Waals surface area contributed by atoms with Crippen LogP contribution in [-0.4, -0.2) is 4.92 Å². The van der Waals surface area contributed by atoms with Gasteiger partial charge in [0.2, 0.25) is 0 Å². The summed E-state index contributed by atoms with van der Waals surface area (Å²) in [6, 6.07) is 7.58. The van der Waals surface area contributed by atoms with Crippen molar-refractivity contribution in [3.8, 4) is 0 Å². The van der Waals surface area contributed by atoms with Crippen molar-refractivity contribution in [3.05, 3.63) is 66.3 Å². The second-order valence-electron chi connectivity index (χ2n) is 4.46. The lowest BCUT2D eigenvalue weighted by Crippen LogP contribution is -2.03. The minimum Gasteiger partial charge on any atom is -0.380 e. The molecule has 1 N–H and O–H groups in total. The molecule has 0 aliphatic carbocycles. The lowest BCUT2D eigenvalue weighted by atomic mass is 10.1. The van der Waals surface area contributed by atoms with E-state index in [1.807, 2.05) is 0 Å². The topological polar surface area (TPSA) is 55.2 Å². The van der Waals surface area contributed by atoms with Gasteiger partial charge in [0.25, 0.3) is 5.69 Å². The first-order chi connectivity index (χ1) is 9.88. The Labute approximate surface area is 137 Å². The van der Waals surface area contributed by atoms with E-state index in [1.54, 1.807) is 19.1 Å². The molecule has 0 aromatic heterocycles. The number of hydrogen-bond acceptors (Lipinski definition) is 3. The SMILES string of the molecule is Cc1cc(Br)c(NCc2ccc(F)cc2Br)cc1[N+](=O)[O-]. The van der Waals surface area contributed by atoms with Gasteiger partial charge in [0.05, 0.1) is 10.6 Å². The maximum atomic E-state index is 13.0. The average molecular weight is 418 g/mol. The molecular formula is C14H11Br2FN2O2. The van der Waals surface area contributed by atoms with Crippen molar-refractivity contribution < 1.29 is 9.31 Å². The molecule has 0 saturated heterocycles. The van der Waals surface area contributed by atoms with Crippen LogP contribution in [0.25, 0.3) is 0 Å². The molecule has 0 aliphatic heterocycles. The van der Waals surface area contributed by atoms with E-state index in [0.29, 0.717) is 22.3 Å². The summed E-state index contributed by atoms with van der Waals surface area (Å²) in [5, 5.41) is 14.1. The number of nitro benzene ring substituents is 1. The second-order valence-corrected chi connectivity index (χ2v) is 6.17. The maximum absolute atomic E-state index is 13.0. The average Bonchev–Trinajstić information content (AvgIpc) is 2.39. The first-order valence-electron chi connectivity index (χ1n) is 6.01. The van der Waals surface area contributed by atoms with Gasteiger partial charge in [-0.25, -0.2) is 4.39 Å². The lowest BCUT2D eigenvalue weighted by molar-refractivity contribution is -0.385. The number of benzene rings is 2. The first kappa shape index (κ1) is 15.9. The summed E-state index contributed by atoms with van der Waals surface area (Å²) in [7, 11) is 0. The van der Waals surface area contributed by atoms with E-state index < -0.39 is 4.92 Å². The van der Waals surface area contributed by atoms with Gasteiger partial charge in [0.15, 0.2) is 0 Å². The largest absolute Gasteiger partial charge is 0.380 e. The molecule has 0 unspecified atom stereocenters. The molecule has 0 bridgehead atoms. The zero-order chi connectivity index (χ0) is 15.6. The number of rotatable bonds is 4. The summed E-state index contributed by atoms with van der Waals surface area (Å²) in [6.45, 7) is 2.10. The Balaban J connectivity index is 2.23. The van der Waals surface area contributed by atoms with Crippen molar-refractivity contribution in [3.63, 3.8) is 0 Å². The number of halogens is 3. The Morgan fingerprint density at radius 1 is 1.24 bits per heavy atom. The molecule has 0 amide bonds. The highest BCUT2D eigenvalue weighted by Gasteiger charge is 2.14. The standard InChI is InChI=1S/C14H11Br2FN2O2/c1-8-4-12(16)13(6-14(8)19(20)21)18-7-9-2-3-10(17)5-11(9)15/h2-6,18H,7H2,1H3. The van der Waals surface area contributed by atoms with E-state index in [4.69, 9.17) is 0 Å². The van der Waals surface area contributed by atoms with Gasteiger partial charge in [-0.1, -0.05) is 22.0 Å². The van der Waals surface area contributed by atoms with Gasteiger partial charge in [-0.3, -0.25) is 10.1 Å². The Hall–Kier alpha value is -1.47. The smallest absolute Gasteiger partial charge is 0.274 e. The van der Waals surface area contributed by atoms with Crippen LogP contribution in [0.2, 0.25) is 0 Å². The van der Waals surface area contributed by atoms with Gasteiger partial charge >= 0.3 is 0 Å². The molecule has 4 nitrogen and oxygen atoms in total. The van der Waals surface area contributed by atoms with Crippen LogP contribution in [0.1, 0.15) is 11.1 Å². The summed E-state index contributed by atoms with van der Waals surface area (Å²) in [4.78, 5) is 10.5. The van der Waals surface area contributed by atoms with Crippen molar-refractivity contribution in [2.24, 2.45) is 0 Å². The molecule has 2 aromatic carbocycles. The third-order valence-electron chi connectivity index (χ3n) is 2.97. The molecule has 0 aliphatic rings. The molecule has 0 heterocycles. The van der Waals surface area contributed by atoms with Crippen LogP contribution in [0, 0.1) is 22.9 Å². The molecular weight excluding hydrogens is 407 g/mol. The van der Waals surface area contributed by atoms with Gasteiger partial charge in [-0.15, -0.1) is 0 Å². The lowest BCUT2D eigenvalue weighted by Gasteiger charge is -2.11. The highest BCUT2D eigenvalue weighted by Crippen LogP contribution is 2.31. The summed E-state index contributed by atoms with van der Waals surface area (Å²) < 4.78 is 14.4. The van der Waals surface area contributed by atoms with Crippen molar-refractivity contribution in [1.29, 1.82) is 0 Å². The molecule has 21 heavy (non-hydrogen) atoms. The van der Waals surface area contributed by atoms with Gasteiger partial charge in [0, 0.05) is 27.1 Å². The fourth-order valence-electron chi connectivity index (χ4n) is 1.85. The van der Waals surface area contributed by atoms with Crippen LogP contribution in [0.3, 0.4) is 0 Å². The zero-order valence-electron chi connectivity index (χ0n) is 11.0. The summed E-state index contributed by atoms with van der Waals surface area (Å²) in [5.74, 6) is -0.322. The van der Waals surface area contributed by atoms with Gasteiger partial charge < -0.3 is 5.32 Å². The molecule has 7 heteroatoms. The Morgan fingerprint density at radius 2 is 1.95 bits per heavy atom. The number of aryl methyl sites for hydroxylation is 1. The fraction of sp³-hybridized carbons (Fsp3) is 0.143. The van der Waals surface area contributed by atoms with Crippen molar-refractivity contribution in [2.45, 2.75) is 13.5 Å². The van der Waals surface area contributed by atoms with Crippen LogP contribution in [0.4, 0.5) is 15.8 Å². The Morgan fingerprint density at radius 3 is 2.57 bits per heavy atom. The Kier molecular flexibility index (Phi) is 4.95. The summed E-state index contributed by atoms with van der Waals surface area (Å²) in [6.07, 6.45) is 0. The minimum atomic E-state index is -0.416. The monoisotopic (exact) mass is 416 g/mol. The van der Waals surface area contributed by atoms with Crippen LogP contribution in [-0.2, 0) is 6.54 Å². The van der Waals surface area contributed by atoms with E-state index in [2.05, 4.69) is 37.2 Å². The summed E-state index contributed by atoms with van der Waals surface area (Å²) >= 11 is 6.67. The molecule has 0 radical (unpaired) electrons. The molecule has 0 atom stereocenters. The molecule has 0 spiro atoms. The first-order valence-corrected chi connectivity index (χ1v) is 7.59. The Bertz CT molecular complexity index is 708. The van der Waals surface area contributed by atoms with E-state index in [-0.39, 0.29) is 11.5 Å². The van der Waals surface area contributed by atoms with Gasteiger partial charge in [0.1, 0.15) is 5.82 Å². The number of nitrogens with zero attached hydrogens (tertiary/aromatic N) is 1. The highest BCUT2D eigenvalue weighted by atomic mass is 79.9. The second kappa shape index (κ2) is 6.53. The van der Waals surface area contributed by atoms with E-state index in [9.17, 15) is 14.5 Å². The normalized spacial score (nSPS) is 10.5. The minimum absolute atomic E-state index is 0.0545. The van der Waals surface area contributed by atoms with Crippen molar-refractivity contribution >= 4 is 43.2 Å². The molecule has 110 valence electrons. The molecule has 0 saturated carbocycles. The maximum Gasteiger partial charge on any atom is 0.274 e. The van der Waals surface area contributed by atoms with E-state index in [0.717, 1.165) is 10.0 Å². The predicted octanol–water partition coefficient (Wildman–Crippen LogP) is 5.18. The van der Waals surface area contributed by atoms with Crippen LogP contribution < -0.4 is 5.32 Å². The molecule has 2 aromatic rings. The highest BCUT2D eigenvalue weighted by molar-refractivity contribution is 9.11. The number of anilines is 1. The number of hydrogen-bond donors (Lipinski definition) is 1. The van der Waals surface area contributed by atoms with E-state index in [1.165, 1.54) is 18.2 Å². The van der Waals surface area contributed by atoms with Crippen LogP contribution in [0.5, 0.6) is 0 Å². The summed E-state index contributed by atoms with van der Waals surface area (Å²) in [5.41, 5.74) is 2.11. The van der Waals surface area contributed by atoms with Gasteiger partial charge in [-0.2, -0.15) is 0 Å².